The van der Waals surface area contributed by atoms with Gasteiger partial charge in [-0.05, 0) is 70.4 Å². The molecule has 1 aromatic rings. The first-order chi connectivity index (χ1) is 17.7. The zero-order valence-corrected chi connectivity index (χ0v) is 22.2. The van der Waals surface area contributed by atoms with E-state index in [9.17, 15) is 14.7 Å². The molecule has 0 saturated heterocycles. The van der Waals surface area contributed by atoms with E-state index in [1.54, 1.807) is 18.2 Å². The molecule has 1 aliphatic rings. The third-order valence-corrected chi connectivity index (χ3v) is 6.47. The Kier molecular flexibility index (Phi) is 12.5. The first-order valence-electron chi connectivity index (χ1n) is 13.1. The van der Waals surface area contributed by atoms with Crippen molar-refractivity contribution in [3.63, 3.8) is 0 Å². The summed E-state index contributed by atoms with van der Waals surface area (Å²) in [5, 5.41) is 18.0. The highest BCUT2D eigenvalue weighted by Crippen LogP contribution is 2.37. The molecular formula is C29H42N2O6. The number of hydrogen-bond acceptors (Lipinski definition) is 8. The molecule has 1 aromatic carbocycles. The van der Waals surface area contributed by atoms with Gasteiger partial charge in [-0.2, -0.15) is 0 Å². The number of nitrogens with one attached hydrogen (secondary N) is 1. The lowest BCUT2D eigenvalue weighted by Gasteiger charge is -2.25. The summed E-state index contributed by atoms with van der Waals surface area (Å²) in [4.78, 5) is 25.4. The van der Waals surface area contributed by atoms with Crippen LogP contribution in [-0.4, -0.2) is 47.5 Å². The minimum absolute atomic E-state index is 0.0383. The van der Waals surface area contributed by atoms with E-state index in [1.165, 1.54) is 19.1 Å². The van der Waals surface area contributed by atoms with E-state index in [2.05, 4.69) is 18.7 Å². The van der Waals surface area contributed by atoms with Crippen LogP contribution in [0.15, 0.2) is 49.1 Å². The predicted octanol–water partition coefficient (Wildman–Crippen LogP) is 5.16. The van der Waals surface area contributed by atoms with Gasteiger partial charge in [-0.1, -0.05) is 43.9 Å². The minimum Gasteiger partial charge on any atom is -0.478 e. The second kappa shape index (κ2) is 15.3. The minimum atomic E-state index is -0.808. The van der Waals surface area contributed by atoms with Gasteiger partial charge in [0.15, 0.2) is 5.90 Å². The Morgan fingerprint density at radius 2 is 1.78 bits per heavy atom. The van der Waals surface area contributed by atoms with E-state index in [0.29, 0.717) is 25.2 Å². The topological polar surface area (TPSA) is 132 Å². The van der Waals surface area contributed by atoms with Crippen LogP contribution in [0.4, 0.5) is 0 Å². The summed E-state index contributed by atoms with van der Waals surface area (Å²) in [5.74, 6) is -1.11. The van der Waals surface area contributed by atoms with Crippen molar-refractivity contribution in [1.29, 1.82) is 5.41 Å². The van der Waals surface area contributed by atoms with Crippen LogP contribution in [0.1, 0.15) is 86.4 Å². The number of nitrogens with two attached hydrogens (primary N) is 1. The largest absolute Gasteiger partial charge is 0.478 e. The summed E-state index contributed by atoms with van der Waals surface area (Å²) in [6, 6.07) is 6.29. The van der Waals surface area contributed by atoms with Gasteiger partial charge < -0.3 is 19.3 Å². The third-order valence-electron chi connectivity index (χ3n) is 6.47. The van der Waals surface area contributed by atoms with Crippen LogP contribution in [-0.2, 0) is 14.2 Å². The lowest BCUT2D eigenvalue weighted by Crippen LogP contribution is -2.29. The summed E-state index contributed by atoms with van der Waals surface area (Å²) < 4.78 is 16.3. The lowest BCUT2D eigenvalue weighted by atomic mass is 9.89. The lowest BCUT2D eigenvalue weighted by molar-refractivity contribution is 0.0219. The van der Waals surface area contributed by atoms with E-state index in [1.807, 2.05) is 13.8 Å². The summed E-state index contributed by atoms with van der Waals surface area (Å²) in [5.41, 5.74) is 5.74. The molecule has 0 radical (unpaired) electrons. The van der Waals surface area contributed by atoms with Crippen molar-refractivity contribution in [1.82, 2.24) is 0 Å². The van der Waals surface area contributed by atoms with E-state index in [4.69, 9.17) is 25.4 Å². The Balaban J connectivity index is 1.96. The van der Waals surface area contributed by atoms with Crippen LogP contribution in [0, 0.1) is 17.2 Å². The molecule has 0 heterocycles. The molecule has 2 rings (SSSR count). The molecule has 8 heteroatoms. The van der Waals surface area contributed by atoms with Crippen LogP contribution in [0.5, 0.6) is 0 Å². The number of hydrogen-bond donors (Lipinski definition) is 3. The van der Waals surface area contributed by atoms with Crippen LogP contribution < -0.4 is 5.73 Å². The van der Waals surface area contributed by atoms with Crippen molar-refractivity contribution in [3.05, 3.63) is 60.2 Å². The SMILES string of the molecule is C=C[C@@H](OC(=O)c1ccccc1C(=O)OC(C)N)[C@@H]1CC(O)C[C@H]1/C=C/CCCC[C@H](C)OC(=N)CC. The zero-order chi connectivity index (χ0) is 27.4. The molecule has 37 heavy (non-hydrogen) atoms. The normalized spacial score (nSPS) is 21.7. The fourth-order valence-corrected chi connectivity index (χ4v) is 4.59. The molecule has 1 saturated carbocycles. The van der Waals surface area contributed by atoms with Gasteiger partial charge in [0, 0.05) is 12.3 Å². The average molecular weight is 515 g/mol. The summed E-state index contributed by atoms with van der Waals surface area (Å²) in [6.07, 6.45) is 9.41. The van der Waals surface area contributed by atoms with Crippen LogP contribution in [0.25, 0.3) is 0 Å². The highest BCUT2D eigenvalue weighted by molar-refractivity contribution is 6.03. The molecule has 8 nitrogen and oxygen atoms in total. The van der Waals surface area contributed by atoms with Gasteiger partial charge in [0.05, 0.1) is 23.3 Å². The van der Waals surface area contributed by atoms with E-state index >= 15 is 0 Å². The van der Waals surface area contributed by atoms with Crippen molar-refractivity contribution in [2.24, 2.45) is 17.6 Å². The molecule has 204 valence electrons. The fourth-order valence-electron chi connectivity index (χ4n) is 4.59. The average Bonchev–Trinajstić information content (AvgIpc) is 3.23. The molecule has 0 amide bonds. The maximum absolute atomic E-state index is 13.0. The molecule has 4 N–H and O–H groups in total. The number of esters is 2. The van der Waals surface area contributed by atoms with E-state index in [-0.39, 0.29) is 29.1 Å². The third kappa shape index (κ3) is 9.78. The maximum Gasteiger partial charge on any atom is 0.340 e. The second-order valence-corrected chi connectivity index (χ2v) is 9.63. The number of ether oxygens (including phenoxy) is 3. The highest BCUT2D eigenvalue weighted by Gasteiger charge is 2.38. The Morgan fingerprint density at radius 3 is 2.38 bits per heavy atom. The molecule has 0 aliphatic heterocycles. The monoisotopic (exact) mass is 514 g/mol. The van der Waals surface area contributed by atoms with E-state index < -0.39 is 30.4 Å². The van der Waals surface area contributed by atoms with Gasteiger partial charge in [0.2, 0.25) is 0 Å². The van der Waals surface area contributed by atoms with Gasteiger partial charge in [0.25, 0.3) is 0 Å². The van der Waals surface area contributed by atoms with Crippen LogP contribution in [0.2, 0.25) is 0 Å². The first-order valence-corrected chi connectivity index (χ1v) is 13.1. The number of aliphatic hydroxyl groups excluding tert-OH is 1. The Labute approximate surface area is 220 Å². The number of allylic oxidation sites excluding steroid dienone is 2. The summed E-state index contributed by atoms with van der Waals surface area (Å²) >= 11 is 0. The standard InChI is InChI=1S/C29H42N2O6/c1-5-26(37-29(34)24-16-12-11-15-23(24)28(33)36-20(4)30)25-18-22(32)17-21(25)14-10-8-7-9-13-19(3)35-27(31)6-2/h5,10-12,14-16,19-22,25-26,31-32H,1,6-9,13,17-18,30H2,2-4H3/b14-10+,31-27?/t19-,20?,21+,22?,25+,26+/m0/s1. The van der Waals surface area contributed by atoms with Gasteiger partial charge in [0.1, 0.15) is 12.3 Å². The second-order valence-electron chi connectivity index (χ2n) is 9.63. The van der Waals surface area contributed by atoms with Crippen molar-refractivity contribution >= 4 is 17.8 Å². The fraction of sp³-hybridized carbons (Fsp3) is 0.552. The van der Waals surface area contributed by atoms with Crippen LogP contribution >= 0.6 is 0 Å². The zero-order valence-electron chi connectivity index (χ0n) is 22.2. The number of carbonyl (C=O) groups excluding carboxylic acids is 2. The van der Waals surface area contributed by atoms with Gasteiger partial charge in [-0.25, -0.2) is 9.59 Å². The van der Waals surface area contributed by atoms with Crippen molar-refractivity contribution in [3.8, 4) is 0 Å². The maximum atomic E-state index is 13.0. The number of aliphatic hydroxyl groups is 1. The molecule has 2 unspecified atom stereocenters. The number of unbranched alkanes of at least 4 members (excludes halogenated alkanes) is 2. The quantitative estimate of drug-likeness (QED) is 0.0780. The Bertz CT molecular complexity index is 944. The van der Waals surface area contributed by atoms with Crippen molar-refractivity contribution < 1.29 is 28.9 Å². The first kappa shape index (κ1) is 30.3. The van der Waals surface area contributed by atoms with Gasteiger partial charge in [-0.15, -0.1) is 0 Å². The number of benzene rings is 1. The molecule has 1 fully saturated rings. The molecule has 6 atom stereocenters. The number of carbonyl (C=O) groups is 2. The smallest absolute Gasteiger partial charge is 0.340 e. The molecule has 0 spiro atoms. The molecule has 0 aromatic heterocycles. The van der Waals surface area contributed by atoms with Gasteiger partial charge in [-0.3, -0.25) is 11.1 Å². The summed E-state index contributed by atoms with van der Waals surface area (Å²) in [6.45, 7) is 9.28. The van der Waals surface area contributed by atoms with Gasteiger partial charge >= 0.3 is 11.9 Å². The van der Waals surface area contributed by atoms with Crippen molar-refractivity contribution in [2.75, 3.05) is 0 Å². The van der Waals surface area contributed by atoms with Crippen LogP contribution in [0.3, 0.4) is 0 Å². The van der Waals surface area contributed by atoms with Crippen molar-refractivity contribution in [2.45, 2.75) is 90.3 Å². The molecule has 1 aliphatic carbocycles. The predicted molar refractivity (Wildman–Crippen MR) is 143 cm³/mol. The number of rotatable bonds is 14. The molecular weight excluding hydrogens is 472 g/mol. The van der Waals surface area contributed by atoms with E-state index in [0.717, 1.165) is 25.7 Å². The Morgan fingerprint density at radius 1 is 1.14 bits per heavy atom. The Hall–Kier alpha value is -2.97. The highest BCUT2D eigenvalue weighted by atomic mass is 16.6. The molecule has 0 bridgehead atoms. The summed E-state index contributed by atoms with van der Waals surface area (Å²) in [7, 11) is 0.